The van der Waals surface area contributed by atoms with Crippen LogP contribution in [-0.4, -0.2) is 11.9 Å². The molecule has 0 bridgehead atoms. The molecule has 32 heavy (non-hydrogen) atoms. The summed E-state index contributed by atoms with van der Waals surface area (Å²) in [5, 5.41) is 0. The smallest absolute Gasteiger partial charge is 0.344 e. The van der Waals surface area contributed by atoms with E-state index in [-0.39, 0.29) is 0 Å². The molecule has 0 fully saturated rings. The number of carbonyl (C=O) groups is 2. The Kier molecular flexibility index (Phi) is 6.83. The Hall–Kier alpha value is -3.22. The Balaban J connectivity index is 1.67. The molecule has 0 aliphatic rings. The summed E-state index contributed by atoms with van der Waals surface area (Å²) in [7, 11) is 0. The van der Waals surface area contributed by atoms with Crippen LogP contribution in [0.4, 0.5) is 0 Å². The number of hydrogen-bond donors (Lipinski definition) is 0. The third kappa shape index (κ3) is 4.82. The molecule has 0 spiro atoms. The monoisotopic (exact) mass is 550 g/mol. The van der Waals surface area contributed by atoms with Crippen molar-refractivity contribution in [3.63, 3.8) is 0 Å². The fraction of sp³-hybridized carbons (Fsp3) is 0. The van der Waals surface area contributed by atoms with Crippen LogP contribution in [0.15, 0.2) is 106 Å². The molecule has 0 aliphatic heterocycles. The van der Waals surface area contributed by atoms with Crippen LogP contribution >= 0.6 is 31.9 Å². The maximum Gasteiger partial charge on any atom is 0.344 e. The van der Waals surface area contributed by atoms with E-state index in [4.69, 9.17) is 9.47 Å². The van der Waals surface area contributed by atoms with E-state index in [2.05, 4.69) is 31.9 Å². The van der Waals surface area contributed by atoms with Gasteiger partial charge in [-0.3, -0.25) is 0 Å². The molecule has 4 rings (SSSR count). The number of esters is 2. The average molecular weight is 552 g/mol. The Morgan fingerprint density at radius 2 is 0.844 bits per heavy atom. The van der Waals surface area contributed by atoms with Crippen LogP contribution in [0.2, 0.25) is 0 Å². The molecule has 0 radical (unpaired) electrons. The number of benzene rings is 4. The van der Waals surface area contributed by atoms with Crippen molar-refractivity contribution in [2.24, 2.45) is 0 Å². The Bertz CT molecular complexity index is 1200. The lowest BCUT2D eigenvalue weighted by atomic mass is 10.0. The van der Waals surface area contributed by atoms with E-state index in [1.807, 2.05) is 36.4 Å². The molecule has 0 amide bonds. The minimum absolute atomic E-state index is 0.359. The first-order valence-electron chi connectivity index (χ1n) is 9.66. The predicted molar refractivity (Wildman–Crippen MR) is 130 cm³/mol. The summed E-state index contributed by atoms with van der Waals surface area (Å²) < 4.78 is 12.7. The van der Waals surface area contributed by atoms with E-state index < -0.39 is 11.9 Å². The number of ether oxygens (including phenoxy) is 2. The van der Waals surface area contributed by atoms with Gasteiger partial charge in [-0.25, -0.2) is 9.59 Å². The van der Waals surface area contributed by atoms with Crippen LogP contribution in [-0.2, 0) is 0 Å². The summed E-state index contributed by atoms with van der Waals surface area (Å²) in [5.74, 6) is -0.268. The third-order valence-corrected chi connectivity index (χ3v) is 6.04. The molecule has 0 aliphatic carbocycles. The summed E-state index contributed by atoms with van der Waals surface area (Å²) in [5.41, 5.74) is 2.08. The van der Waals surface area contributed by atoms with Crippen molar-refractivity contribution < 1.29 is 19.1 Å². The molecule has 6 heteroatoms. The topological polar surface area (TPSA) is 52.6 Å². The largest absolute Gasteiger partial charge is 0.422 e. The molecular weight excluding hydrogens is 536 g/mol. The van der Waals surface area contributed by atoms with Crippen molar-refractivity contribution in [2.45, 2.75) is 0 Å². The van der Waals surface area contributed by atoms with Crippen LogP contribution in [0, 0.1) is 0 Å². The highest BCUT2D eigenvalue weighted by Gasteiger charge is 2.19. The van der Waals surface area contributed by atoms with Crippen LogP contribution in [0.1, 0.15) is 20.7 Å². The quantitative estimate of drug-likeness (QED) is 0.193. The standard InChI is InChI=1S/C26H16Br2O4/c27-21-13-5-1-11-19(21)25(29)31-23-15-7-3-9-17(23)18-10-4-8-16-24(18)32-26(30)20-12-2-6-14-22(20)28/h1-16H. The molecule has 0 atom stereocenters. The Morgan fingerprint density at radius 1 is 0.500 bits per heavy atom. The second kappa shape index (κ2) is 9.94. The minimum Gasteiger partial charge on any atom is -0.422 e. The van der Waals surface area contributed by atoms with Gasteiger partial charge in [-0.2, -0.15) is 0 Å². The Labute approximate surface area is 202 Å². The molecule has 0 unspecified atom stereocenters. The second-order valence-electron chi connectivity index (χ2n) is 6.73. The summed E-state index contributed by atoms with van der Waals surface area (Å²) >= 11 is 6.76. The van der Waals surface area contributed by atoms with Crippen LogP contribution in [0.5, 0.6) is 11.5 Å². The number of para-hydroxylation sites is 2. The summed E-state index contributed by atoms with van der Waals surface area (Å²) in [6, 6.07) is 28.4. The molecule has 0 N–H and O–H groups in total. The summed E-state index contributed by atoms with van der Waals surface area (Å²) in [4.78, 5) is 25.5. The van der Waals surface area contributed by atoms with E-state index in [0.29, 0.717) is 42.7 Å². The first-order chi connectivity index (χ1) is 15.5. The molecule has 0 saturated carbocycles. The molecule has 4 nitrogen and oxygen atoms in total. The van der Waals surface area contributed by atoms with E-state index in [9.17, 15) is 9.59 Å². The summed E-state index contributed by atoms with van der Waals surface area (Å²) in [6.45, 7) is 0. The van der Waals surface area contributed by atoms with Crippen molar-refractivity contribution in [1.82, 2.24) is 0 Å². The maximum absolute atomic E-state index is 12.8. The van der Waals surface area contributed by atoms with Gasteiger partial charge in [0.25, 0.3) is 0 Å². The van der Waals surface area contributed by atoms with E-state index in [1.54, 1.807) is 60.7 Å². The number of halogens is 2. The molecule has 0 saturated heterocycles. The molecule has 4 aromatic carbocycles. The third-order valence-electron chi connectivity index (χ3n) is 4.66. The zero-order valence-corrected chi connectivity index (χ0v) is 19.8. The number of rotatable bonds is 5. The minimum atomic E-state index is -0.493. The number of hydrogen-bond acceptors (Lipinski definition) is 4. The van der Waals surface area contributed by atoms with E-state index in [0.717, 1.165) is 0 Å². The van der Waals surface area contributed by atoms with Gasteiger partial charge in [0.05, 0.1) is 11.1 Å². The van der Waals surface area contributed by atoms with Gasteiger partial charge in [0.2, 0.25) is 0 Å². The van der Waals surface area contributed by atoms with Crippen LogP contribution < -0.4 is 9.47 Å². The fourth-order valence-electron chi connectivity index (χ4n) is 3.12. The second-order valence-corrected chi connectivity index (χ2v) is 8.44. The Morgan fingerprint density at radius 3 is 1.25 bits per heavy atom. The zero-order chi connectivity index (χ0) is 22.5. The van der Waals surface area contributed by atoms with Gasteiger partial charge in [0, 0.05) is 20.1 Å². The number of carbonyl (C=O) groups excluding carboxylic acids is 2. The molecule has 0 heterocycles. The van der Waals surface area contributed by atoms with Gasteiger partial charge in [-0.15, -0.1) is 0 Å². The average Bonchev–Trinajstić information content (AvgIpc) is 2.80. The lowest BCUT2D eigenvalue weighted by Gasteiger charge is -2.14. The summed E-state index contributed by atoms with van der Waals surface area (Å²) in [6.07, 6.45) is 0. The van der Waals surface area contributed by atoms with Gasteiger partial charge < -0.3 is 9.47 Å². The van der Waals surface area contributed by atoms with E-state index >= 15 is 0 Å². The molecule has 158 valence electrons. The lowest BCUT2D eigenvalue weighted by Crippen LogP contribution is -2.11. The predicted octanol–water partition coefficient (Wildman–Crippen LogP) is 7.32. The lowest BCUT2D eigenvalue weighted by molar-refractivity contribution is 0.0722. The van der Waals surface area contributed by atoms with Gasteiger partial charge in [0.1, 0.15) is 11.5 Å². The van der Waals surface area contributed by atoms with Gasteiger partial charge in [0.15, 0.2) is 0 Å². The molecular formula is C26H16Br2O4. The van der Waals surface area contributed by atoms with Crippen LogP contribution in [0.3, 0.4) is 0 Å². The highest BCUT2D eigenvalue weighted by Crippen LogP contribution is 2.37. The highest BCUT2D eigenvalue weighted by molar-refractivity contribution is 9.10. The highest BCUT2D eigenvalue weighted by atomic mass is 79.9. The van der Waals surface area contributed by atoms with Crippen LogP contribution in [0.25, 0.3) is 11.1 Å². The fourth-order valence-corrected chi connectivity index (χ4v) is 4.01. The van der Waals surface area contributed by atoms with Crippen molar-refractivity contribution in [3.8, 4) is 22.6 Å². The maximum atomic E-state index is 12.8. The zero-order valence-electron chi connectivity index (χ0n) is 16.6. The van der Waals surface area contributed by atoms with Crippen molar-refractivity contribution in [1.29, 1.82) is 0 Å². The molecule has 4 aromatic rings. The SMILES string of the molecule is O=C(Oc1ccccc1-c1ccccc1OC(=O)c1ccccc1Br)c1ccccc1Br. The van der Waals surface area contributed by atoms with Gasteiger partial charge in [-0.1, -0.05) is 60.7 Å². The molecule has 0 aromatic heterocycles. The first-order valence-corrected chi connectivity index (χ1v) is 11.2. The van der Waals surface area contributed by atoms with Crippen molar-refractivity contribution >= 4 is 43.8 Å². The first kappa shape index (κ1) is 22.0. The van der Waals surface area contributed by atoms with Gasteiger partial charge >= 0.3 is 11.9 Å². The normalized spacial score (nSPS) is 10.4. The van der Waals surface area contributed by atoms with Gasteiger partial charge in [-0.05, 0) is 68.3 Å². The van der Waals surface area contributed by atoms with Crippen molar-refractivity contribution in [3.05, 3.63) is 117 Å². The van der Waals surface area contributed by atoms with Crippen molar-refractivity contribution in [2.75, 3.05) is 0 Å². The van der Waals surface area contributed by atoms with E-state index in [1.165, 1.54) is 0 Å².